The van der Waals surface area contributed by atoms with Gasteiger partial charge in [0.1, 0.15) is 29.8 Å². The lowest BCUT2D eigenvalue weighted by molar-refractivity contribution is -0.148. The number of nitrogens with one attached hydrogen (secondary N) is 1. The smallest absolute Gasteiger partial charge is 0.312 e. The maximum Gasteiger partial charge on any atom is 0.312 e. The Morgan fingerprint density at radius 2 is 1.73 bits per heavy atom. The monoisotopic (exact) mass is 449 g/mol. The second-order valence-corrected chi connectivity index (χ2v) is 8.20. The number of aromatic amines is 1. The SMILES string of the molecule is CC(C)(COc1ccc(-c2ccc(-c3ncc(-c4ccc(F)cc4F)[nH]3)cn2)cc1)C(=O)O. The molecule has 0 aliphatic heterocycles. The van der Waals surface area contributed by atoms with Crippen LogP contribution in [0.1, 0.15) is 13.8 Å². The predicted molar refractivity (Wildman–Crippen MR) is 120 cm³/mol. The van der Waals surface area contributed by atoms with E-state index < -0.39 is 23.0 Å². The number of ether oxygens (including phenoxy) is 1. The van der Waals surface area contributed by atoms with Gasteiger partial charge in [-0.2, -0.15) is 0 Å². The van der Waals surface area contributed by atoms with E-state index in [0.29, 0.717) is 22.8 Å². The summed E-state index contributed by atoms with van der Waals surface area (Å²) in [4.78, 5) is 23.0. The number of carboxylic acids is 1. The number of hydrogen-bond acceptors (Lipinski definition) is 4. The van der Waals surface area contributed by atoms with Gasteiger partial charge < -0.3 is 14.8 Å². The van der Waals surface area contributed by atoms with Gasteiger partial charge in [-0.05, 0) is 62.4 Å². The van der Waals surface area contributed by atoms with Crippen LogP contribution in [0.5, 0.6) is 5.75 Å². The maximum atomic E-state index is 14.0. The van der Waals surface area contributed by atoms with Crippen LogP contribution in [0, 0.1) is 17.0 Å². The number of pyridine rings is 1. The molecule has 0 saturated carbocycles. The molecule has 6 nitrogen and oxygen atoms in total. The van der Waals surface area contributed by atoms with Gasteiger partial charge >= 0.3 is 5.97 Å². The predicted octanol–water partition coefficient (Wildman–Crippen LogP) is 5.57. The topological polar surface area (TPSA) is 88.1 Å². The van der Waals surface area contributed by atoms with E-state index >= 15 is 0 Å². The lowest BCUT2D eigenvalue weighted by Crippen LogP contribution is -2.30. The third-order valence-corrected chi connectivity index (χ3v) is 5.16. The summed E-state index contributed by atoms with van der Waals surface area (Å²) < 4.78 is 32.8. The zero-order valence-corrected chi connectivity index (χ0v) is 18.0. The molecule has 0 spiro atoms. The van der Waals surface area contributed by atoms with Crippen molar-refractivity contribution >= 4 is 5.97 Å². The fraction of sp³-hybridized carbons (Fsp3) is 0.160. The van der Waals surface area contributed by atoms with Crippen molar-refractivity contribution in [1.82, 2.24) is 15.0 Å². The number of hydrogen-bond donors (Lipinski definition) is 2. The Hall–Kier alpha value is -4.07. The van der Waals surface area contributed by atoms with Gasteiger partial charge in [-0.25, -0.2) is 13.8 Å². The maximum absolute atomic E-state index is 14.0. The number of carboxylic acid groups (broad SMARTS) is 1. The molecule has 0 radical (unpaired) electrons. The van der Waals surface area contributed by atoms with Crippen LogP contribution < -0.4 is 4.74 Å². The number of halogens is 2. The minimum Gasteiger partial charge on any atom is -0.492 e. The molecular formula is C25H21F2N3O3. The number of benzene rings is 2. The normalized spacial score (nSPS) is 11.4. The Labute approximate surface area is 188 Å². The lowest BCUT2D eigenvalue weighted by Gasteiger charge is -2.19. The van der Waals surface area contributed by atoms with Gasteiger partial charge in [-0.3, -0.25) is 9.78 Å². The Balaban J connectivity index is 1.47. The molecule has 0 atom stereocenters. The van der Waals surface area contributed by atoms with Gasteiger partial charge in [0.15, 0.2) is 0 Å². The van der Waals surface area contributed by atoms with Crippen LogP contribution in [0.15, 0.2) is 67.0 Å². The second-order valence-electron chi connectivity index (χ2n) is 8.20. The summed E-state index contributed by atoms with van der Waals surface area (Å²) in [6.07, 6.45) is 3.14. The van der Waals surface area contributed by atoms with E-state index in [2.05, 4.69) is 15.0 Å². The first-order valence-corrected chi connectivity index (χ1v) is 10.2. The largest absolute Gasteiger partial charge is 0.492 e. The Morgan fingerprint density at radius 1 is 1.00 bits per heavy atom. The first-order chi connectivity index (χ1) is 15.7. The van der Waals surface area contributed by atoms with Gasteiger partial charge in [0.25, 0.3) is 0 Å². The summed E-state index contributed by atoms with van der Waals surface area (Å²) in [6.45, 7) is 3.27. The third-order valence-electron chi connectivity index (χ3n) is 5.16. The number of nitrogens with zero attached hydrogens (tertiary/aromatic N) is 2. The molecule has 2 aromatic carbocycles. The molecule has 168 valence electrons. The summed E-state index contributed by atoms with van der Waals surface area (Å²) in [5.74, 6) is -1.15. The molecule has 0 unspecified atom stereocenters. The zero-order valence-electron chi connectivity index (χ0n) is 18.0. The van der Waals surface area contributed by atoms with Crippen LogP contribution in [0.4, 0.5) is 8.78 Å². The highest BCUT2D eigenvalue weighted by molar-refractivity contribution is 5.73. The van der Waals surface area contributed by atoms with Gasteiger partial charge in [0.2, 0.25) is 0 Å². The molecule has 2 N–H and O–H groups in total. The first-order valence-electron chi connectivity index (χ1n) is 10.2. The Morgan fingerprint density at radius 3 is 2.36 bits per heavy atom. The highest BCUT2D eigenvalue weighted by Crippen LogP contribution is 2.27. The molecule has 0 fully saturated rings. The van der Waals surface area contributed by atoms with Crippen LogP contribution in [-0.4, -0.2) is 32.6 Å². The summed E-state index contributed by atoms with van der Waals surface area (Å²) in [6, 6.07) is 14.3. The molecule has 0 saturated heterocycles. The summed E-state index contributed by atoms with van der Waals surface area (Å²) >= 11 is 0. The Kier molecular flexibility index (Phi) is 5.91. The molecule has 0 amide bonds. The summed E-state index contributed by atoms with van der Waals surface area (Å²) in [5.41, 5.74) is 1.99. The quantitative estimate of drug-likeness (QED) is 0.385. The van der Waals surface area contributed by atoms with Crippen molar-refractivity contribution in [3.8, 4) is 39.7 Å². The van der Waals surface area contributed by atoms with Crippen molar-refractivity contribution in [2.24, 2.45) is 5.41 Å². The lowest BCUT2D eigenvalue weighted by atomic mass is 9.95. The van der Waals surface area contributed by atoms with Crippen molar-refractivity contribution in [2.45, 2.75) is 13.8 Å². The van der Waals surface area contributed by atoms with Crippen molar-refractivity contribution < 1.29 is 23.4 Å². The second kappa shape index (κ2) is 8.82. The van der Waals surface area contributed by atoms with Gasteiger partial charge in [0, 0.05) is 29.0 Å². The van der Waals surface area contributed by atoms with Crippen molar-refractivity contribution in [3.63, 3.8) is 0 Å². The van der Waals surface area contributed by atoms with E-state index in [-0.39, 0.29) is 12.2 Å². The molecule has 2 heterocycles. The van der Waals surface area contributed by atoms with Crippen molar-refractivity contribution in [3.05, 3.63) is 78.6 Å². The third kappa shape index (κ3) is 4.90. The van der Waals surface area contributed by atoms with E-state index in [0.717, 1.165) is 17.3 Å². The molecule has 2 aromatic heterocycles. The standard InChI is InChI=1S/C25H21F2N3O3/c1-25(2,24(31)32)14-33-18-7-3-15(4-8-18)21-10-5-16(12-28-21)23-29-13-22(30-23)19-9-6-17(26)11-20(19)27/h3-13H,14H2,1-2H3,(H,29,30)(H,31,32). The van der Waals surface area contributed by atoms with Crippen molar-refractivity contribution in [1.29, 1.82) is 0 Å². The molecule has 4 rings (SSSR count). The van der Waals surface area contributed by atoms with Crippen LogP contribution >= 0.6 is 0 Å². The van der Waals surface area contributed by atoms with Crippen LogP contribution in [0.2, 0.25) is 0 Å². The average molecular weight is 449 g/mol. The fourth-order valence-electron chi connectivity index (χ4n) is 3.06. The van der Waals surface area contributed by atoms with E-state index in [9.17, 15) is 18.7 Å². The number of carbonyl (C=O) groups is 1. The average Bonchev–Trinajstić information content (AvgIpc) is 3.28. The first kappa shape index (κ1) is 22.1. The highest BCUT2D eigenvalue weighted by Gasteiger charge is 2.28. The minimum atomic E-state index is -0.982. The van der Waals surface area contributed by atoms with E-state index in [1.807, 2.05) is 24.3 Å². The van der Waals surface area contributed by atoms with Crippen LogP contribution in [0.3, 0.4) is 0 Å². The van der Waals surface area contributed by atoms with Gasteiger partial charge in [-0.1, -0.05) is 0 Å². The van der Waals surface area contributed by atoms with Crippen LogP contribution in [-0.2, 0) is 4.79 Å². The summed E-state index contributed by atoms with van der Waals surface area (Å²) in [7, 11) is 0. The number of aromatic nitrogens is 3. The molecule has 0 aliphatic carbocycles. The van der Waals surface area contributed by atoms with Crippen LogP contribution in [0.25, 0.3) is 33.9 Å². The zero-order chi connectivity index (χ0) is 23.6. The minimum absolute atomic E-state index is 0.0571. The molecule has 0 aliphatic rings. The van der Waals surface area contributed by atoms with E-state index in [1.165, 1.54) is 18.3 Å². The van der Waals surface area contributed by atoms with E-state index in [1.54, 1.807) is 32.2 Å². The van der Waals surface area contributed by atoms with Crippen molar-refractivity contribution in [2.75, 3.05) is 6.61 Å². The highest BCUT2D eigenvalue weighted by atomic mass is 19.1. The molecule has 4 aromatic rings. The summed E-state index contributed by atoms with van der Waals surface area (Å²) in [5, 5.41) is 9.17. The van der Waals surface area contributed by atoms with Gasteiger partial charge in [-0.15, -0.1) is 0 Å². The molecule has 33 heavy (non-hydrogen) atoms. The number of aliphatic carboxylic acids is 1. The molecule has 8 heteroatoms. The van der Waals surface area contributed by atoms with E-state index in [4.69, 9.17) is 4.74 Å². The number of rotatable bonds is 7. The molecular weight excluding hydrogens is 428 g/mol. The number of H-pyrrole nitrogens is 1. The Bertz CT molecular complexity index is 1280. The molecule has 0 bridgehead atoms. The fourth-order valence-corrected chi connectivity index (χ4v) is 3.06. The van der Waals surface area contributed by atoms with Gasteiger partial charge in [0.05, 0.1) is 23.0 Å². The number of imidazole rings is 1.